The molecule has 1 aromatic heterocycles. The van der Waals surface area contributed by atoms with Gasteiger partial charge in [0.05, 0.1) is 23.2 Å². The highest BCUT2D eigenvalue weighted by Crippen LogP contribution is 2.20. The summed E-state index contributed by atoms with van der Waals surface area (Å²) < 4.78 is 1.59. The zero-order valence-electron chi connectivity index (χ0n) is 12.6. The Hall–Kier alpha value is -1.97. The first-order valence-corrected chi connectivity index (χ1v) is 8.46. The highest BCUT2D eigenvalue weighted by molar-refractivity contribution is 7.99. The van der Waals surface area contributed by atoms with Gasteiger partial charge in [0.2, 0.25) is 5.91 Å². The van der Waals surface area contributed by atoms with Crippen LogP contribution in [0.3, 0.4) is 0 Å². The summed E-state index contributed by atoms with van der Waals surface area (Å²) in [5.74, 6) is 2.29. The standard InChI is InChI=1S/C16H16ClN3O2S/c1-3-7-18-14(21)10-23-16-19-13-9-11(17)5-6-12(13)15(22)20(16)8-4-2/h1,5-6,9H,4,7-8,10H2,2H3,(H,18,21). The van der Waals surface area contributed by atoms with Gasteiger partial charge in [0.25, 0.3) is 5.56 Å². The summed E-state index contributed by atoms with van der Waals surface area (Å²) in [5.41, 5.74) is 0.404. The summed E-state index contributed by atoms with van der Waals surface area (Å²) in [6.07, 6.45) is 5.89. The van der Waals surface area contributed by atoms with Crippen molar-refractivity contribution >= 4 is 40.2 Å². The Labute approximate surface area is 143 Å². The summed E-state index contributed by atoms with van der Waals surface area (Å²) in [4.78, 5) is 28.8. The Morgan fingerprint density at radius 2 is 2.30 bits per heavy atom. The van der Waals surface area contributed by atoms with Crippen LogP contribution in [0.5, 0.6) is 0 Å². The van der Waals surface area contributed by atoms with Crippen LogP contribution in [-0.4, -0.2) is 27.8 Å². The Kier molecular flexibility index (Phi) is 6.08. The lowest BCUT2D eigenvalue weighted by atomic mass is 10.2. The number of carbonyl (C=O) groups is 1. The van der Waals surface area contributed by atoms with E-state index in [2.05, 4.69) is 16.2 Å². The number of halogens is 1. The molecule has 0 aliphatic heterocycles. The van der Waals surface area contributed by atoms with Crippen molar-refractivity contribution < 1.29 is 4.79 Å². The Balaban J connectivity index is 2.36. The van der Waals surface area contributed by atoms with Crippen LogP contribution in [0.1, 0.15) is 13.3 Å². The first-order chi connectivity index (χ1) is 11.1. The third-order valence-corrected chi connectivity index (χ3v) is 4.26. The monoisotopic (exact) mass is 349 g/mol. The van der Waals surface area contributed by atoms with Crippen LogP contribution in [0.2, 0.25) is 5.02 Å². The summed E-state index contributed by atoms with van der Waals surface area (Å²) in [6.45, 7) is 2.70. The molecule has 5 nitrogen and oxygen atoms in total. The molecule has 2 aromatic rings. The number of amides is 1. The van der Waals surface area contributed by atoms with Crippen molar-refractivity contribution in [2.45, 2.75) is 25.0 Å². The highest BCUT2D eigenvalue weighted by atomic mass is 35.5. The van der Waals surface area contributed by atoms with Crippen molar-refractivity contribution in [2.75, 3.05) is 12.3 Å². The van der Waals surface area contributed by atoms with E-state index in [1.165, 1.54) is 11.8 Å². The average molecular weight is 350 g/mol. The van der Waals surface area contributed by atoms with E-state index < -0.39 is 0 Å². The van der Waals surface area contributed by atoms with Crippen LogP contribution < -0.4 is 10.9 Å². The normalized spacial score (nSPS) is 10.5. The number of hydrogen-bond acceptors (Lipinski definition) is 4. The fourth-order valence-electron chi connectivity index (χ4n) is 2.04. The van der Waals surface area contributed by atoms with Crippen molar-refractivity contribution in [1.29, 1.82) is 0 Å². The molecule has 1 heterocycles. The average Bonchev–Trinajstić information content (AvgIpc) is 2.53. The van der Waals surface area contributed by atoms with E-state index in [0.717, 1.165) is 6.42 Å². The molecule has 0 unspecified atom stereocenters. The van der Waals surface area contributed by atoms with Crippen molar-refractivity contribution in [1.82, 2.24) is 14.9 Å². The lowest BCUT2D eigenvalue weighted by molar-refractivity contribution is -0.118. The zero-order chi connectivity index (χ0) is 16.8. The number of rotatable bonds is 6. The number of thioether (sulfide) groups is 1. The number of nitrogens with one attached hydrogen (secondary N) is 1. The summed E-state index contributed by atoms with van der Waals surface area (Å²) in [7, 11) is 0. The molecule has 7 heteroatoms. The Morgan fingerprint density at radius 1 is 1.52 bits per heavy atom. The van der Waals surface area contributed by atoms with Gasteiger partial charge in [-0.15, -0.1) is 6.42 Å². The molecule has 0 aliphatic carbocycles. The molecular weight excluding hydrogens is 334 g/mol. The van der Waals surface area contributed by atoms with Gasteiger partial charge >= 0.3 is 0 Å². The summed E-state index contributed by atoms with van der Waals surface area (Å²) in [6, 6.07) is 4.99. The molecule has 0 spiro atoms. The summed E-state index contributed by atoms with van der Waals surface area (Å²) >= 11 is 7.18. The van der Waals surface area contributed by atoms with E-state index in [4.69, 9.17) is 18.0 Å². The van der Waals surface area contributed by atoms with Crippen LogP contribution in [0.4, 0.5) is 0 Å². The number of nitrogens with zero attached hydrogens (tertiary/aromatic N) is 2. The predicted molar refractivity (Wildman–Crippen MR) is 93.9 cm³/mol. The molecule has 0 fully saturated rings. The SMILES string of the molecule is C#CCNC(=O)CSc1nc2cc(Cl)ccc2c(=O)n1CCC. The topological polar surface area (TPSA) is 64.0 Å². The van der Waals surface area contributed by atoms with E-state index in [0.29, 0.717) is 27.6 Å². The van der Waals surface area contributed by atoms with Crippen LogP contribution in [0.25, 0.3) is 10.9 Å². The zero-order valence-corrected chi connectivity index (χ0v) is 14.2. The quantitative estimate of drug-likeness (QED) is 0.494. The Bertz CT molecular complexity index is 826. The van der Waals surface area contributed by atoms with Gasteiger partial charge in [-0.2, -0.15) is 0 Å². The molecular formula is C16H16ClN3O2S. The van der Waals surface area contributed by atoms with Gasteiger partial charge in [-0.1, -0.05) is 36.2 Å². The number of terminal acetylenes is 1. The summed E-state index contributed by atoms with van der Waals surface area (Å²) in [5, 5.41) is 4.12. The maximum atomic E-state index is 12.6. The highest BCUT2D eigenvalue weighted by Gasteiger charge is 2.13. The molecule has 2 rings (SSSR count). The third-order valence-electron chi connectivity index (χ3n) is 3.05. The molecule has 0 bridgehead atoms. The van der Waals surface area contributed by atoms with E-state index in [1.807, 2.05) is 6.92 Å². The minimum absolute atomic E-state index is 0.125. The molecule has 1 amide bonds. The fourth-order valence-corrected chi connectivity index (χ4v) is 3.06. The van der Waals surface area contributed by atoms with E-state index in [1.54, 1.807) is 22.8 Å². The van der Waals surface area contributed by atoms with E-state index in [9.17, 15) is 9.59 Å². The van der Waals surface area contributed by atoms with Gasteiger partial charge in [0.1, 0.15) is 0 Å². The first kappa shape index (κ1) is 17.4. The van der Waals surface area contributed by atoms with Crippen molar-refractivity contribution in [3.8, 4) is 12.3 Å². The minimum atomic E-state index is -0.198. The van der Waals surface area contributed by atoms with Crippen LogP contribution in [0.15, 0.2) is 28.2 Å². The number of benzene rings is 1. The second-order valence-electron chi connectivity index (χ2n) is 4.78. The van der Waals surface area contributed by atoms with E-state index in [-0.39, 0.29) is 23.8 Å². The molecule has 0 aliphatic rings. The second kappa shape index (κ2) is 8.04. The molecule has 23 heavy (non-hydrogen) atoms. The number of hydrogen-bond donors (Lipinski definition) is 1. The first-order valence-electron chi connectivity index (χ1n) is 7.10. The van der Waals surface area contributed by atoms with Crippen molar-refractivity contribution in [3.63, 3.8) is 0 Å². The maximum absolute atomic E-state index is 12.6. The molecule has 120 valence electrons. The molecule has 0 saturated heterocycles. The second-order valence-corrected chi connectivity index (χ2v) is 6.16. The van der Waals surface area contributed by atoms with Gasteiger partial charge in [0.15, 0.2) is 5.16 Å². The molecule has 0 radical (unpaired) electrons. The van der Waals surface area contributed by atoms with Crippen molar-refractivity contribution in [2.24, 2.45) is 0 Å². The number of fused-ring (bicyclic) bond motifs is 1. The predicted octanol–water partition coefficient (Wildman–Crippen LogP) is 2.30. The maximum Gasteiger partial charge on any atom is 0.262 e. The van der Waals surface area contributed by atoms with Crippen molar-refractivity contribution in [3.05, 3.63) is 33.6 Å². The van der Waals surface area contributed by atoms with Crippen LogP contribution >= 0.6 is 23.4 Å². The van der Waals surface area contributed by atoms with Crippen LogP contribution in [-0.2, 0) is 11.3 Å². The van der Waals surface area contributed by atoms with Gasteiger partial charge < -0.3 is 5.32 Å². The van der Waals surface area contributed by atoms with E-state index >= 15 is 0 Å². The van der Waals surface area contributed by atoms with Crippen LogP contribution in [0, 0.1) is 12.3 Å². The van der Waals surface area contributed by atoms with Gasteiger partial charge in [-0.3, -0.25) is 14.2 Å². The minimum Gasteiger partial charge on any atom is -0.344 e. The smallest absolute Gasteiger partial charge is 0.262 e. The number of aromatic nitrogens is 2. The fraction of sp³-hybridized carbons (Fsp3) is 0.312. The molecule has 0 atom stereocenters. The number of carbonyl (C=O) groups excluding carboxylic acids is 1. The third kappa shape index (κ3) is 4.27. The molecule has 1 aromatic carbocycles. The Morgan fingerprint density at radius 3 is 3.00 bits per heavy atom. The lowest BCUT2D eigenvalue weighted by Gasteiger charge is -2.12. The largest absolute Gasteiger partial charge is 0.344 e. The van der Waals surface area contributed by atoms with Gasteiger partial charge in [0, 0.05) is 11.6 Å². The molecule has 1 N–H and O–H groups in total. The van der Waals surface area contributed by atoms with Gasteiger partial charge in [-0.05, 0) is 24.6 Å². The van der Waals surface area contributed by atoms with Gasteiger partial charge in [-0.25, -0.2) is 4.98 Å². The lowest BCUT2D eigenvalue weighted by Crippen LogP contribution is -2.27. The molecule has 0 saturated carbocycles.